The van der Waals surface area contributed by atoms with Gasteiger partial charge >= 0.3 is 0 Å². The molecule has 0 saturated heterocycles. The molecular formula is C12H18N2O2. The smallest absolute Gasteiger partial charge is 0.259 e. The van der Waals surface area contributed by atoms with Crippen LogP contribution in [0, 0.1) is 13.8 Å². The lowest BCUT2D eigenvalue weighted by molar-refractivity contribution is -0.130. The largest absolute Gasteiger partial charge is 0.483 e. The van der Waals surface area contributed by atoms with E-state index in [-0.39, 0.29) is 12.5 Å². The maximum atomic E-state index is 11.4. The summed E-state index contributed by atoms with van der Waals surface area (Å²) in [5.74, 6) is 0.649. The van der Waals surface area contributed by atoms with E-state index in [2.05, 4.69) is 0 Å². The second-order valence-electron chi connectivity index (χ2n) is 4.05. The van der Waals surface area contributed by atoms with Crippen molar-refractivity contribution in [3.8, 4) is 5.75 Å². The average molecular weight is 222 g/mol. The maximum Gasteiger partial charge on any atom is 0.259 e. The molecule has 0 unspecified atom stereocenters. The van der Waals surface area contributed by atoms with Gasteiger partial charge in [0.1, 0.15) is 5.75 Å². The van der Waals surface area contributed by atoms with Gasteiger partial charge in [-0.15, -0.1) is 0 Å². The van der Waals surface area contributed by atoms with Gasteiger partial charge in [0, 0.05) is 19.8 Å². The topological polar surface area (TPSA) is 55.6 Å². The molecular weight excluding hydrogens is 204 g/mol. The van der Waals surface area contributed by atoms with Crippen molar-refractivity contribution in [1.29, 1.82) is 0 Å². The normalized spacial score (nSPS) is 10.0. The number of nitrogen functional groups attached to an aromatic ring is 1. The lowest BCUT2D eigenvalue weighted by Gasteiger charge is -2.14. The van der Waals surface area contributed by atoms with Gasteiger partial charge in [-0.2, -0.15) is 0 Å². The van der Waals surface area contributed by atoms with Crippen LogP contribution in [0.1, 0.15) is 11.1 Å². The first-order chi connectivity index (χ1) is 7.41. The molecule has 16 heavy (non-hydrogen) atoms. The summed E-state index contributed by atoms with van der Waals surface area (Å²) < 4.78 is 5.45. The van der Waals surface area contributed by atoms with Gasteiger partial charge in [0.05, 0.1) is 0 Å². The lowest BCUT2D eigenvalue weighted by atomic mass is 10.1. The number of aryl methyl sites for hydroxylation is 2. The predicted octanol–water partition coefficient (Wildman–Crippen LogP) is 1.35. The number of carbonyl (C=O) groups excluding carboxylic acids is 1. The Kier molecular flexibility index (Phi) is 3.77. The first-order valence-electron chi connectivity index (χ1n) is 5.11. The zero-order valence-electron chi connectivity index (χ0n) is 10.2. The second kappa shape index (κ2) is 4.88. The van der Waals surface area contributed by atoms with E-state index >= 15 is 0 Å². The molecule has 0 saturated carbocycles. The van der Waals surface area contributed by atoms with Crippen molar-refractivity contribution >= 4 is 11.6 Å². The van der Waals surface area contributed by atoms with Gasteiger partial charge in [0.25, 0.3) is 5.91 Å². The predicted molar refractivity (Wildman–Crippen MR) is 64.5 cm³/mol. The number of hydrogen-bond donors (Lipinski definition) is 1. The Labute approximate surface area is 96.0 Å². The number of nitrogens with zero attached hydrogens (tertiary/aromatic N) is 1. The van der Waals surface area contributed by atoms with Crippen molar-refractivity contribution < 1.29 is 9.53 Å². The van der Waals surface area contributed by atoms with E-state index in [0.29, 0.717) is 5.75 Å². The van der Waals surface area contributed by atoms with Crippen molar-refractivity contribution in [2.45, 2.75) is 13.8 Å². The van der Waals surface area contributed by atoms with E-state index in [1.807, 2.05) is 26.0 Å². The minimum atomic E-state index is -0.0612. The third-order valence-electron chi connectivity index (χ3n) is 2.41. The number of ether oxygens (including phenoxy) is 1. The number of nitrogens with two attached hydrogens (primary N) is 1. The summed E-state index contributed by atoms with van der Waals surface area (Å²) in [6, 6.07) is 3.71. The van der Waals surface area contributed by atoms with Crippen LogP contribution in [0.25, 0.3) is 0 Å². The Bertz CT molecular complexity index is 400. The molecule has 0 aromatic heterocycles. The van der Waals surface area contributed by atoms with Crippen LogP contribution in [-0.4, -0.2) is 31.5 Å². The first-order valence-corrected chi connectivity index (χ1v) is 5.11. The molecule has 88 valence electrons. The molecule has 1 rings (SSSR count). The highest BCUT2D eigenvalue weighted by Gasteiger charge is 2.07. The highest BCUT2D eigenvalue weighted by molar-refractivity contribution is 5.77. The maximum absolute atomic E-state index is 11.4. The molecule has 4 heteroatoms. The highest BCUT2D eigenvalue weighted by Crippen LogP contribution is 2.24. The fraction of sp³-hybridized carbons (Fsp3) is 0.417. The SMILES string of the molecule is Cc1cc(OCC(=O)N(C)C)c(C)cc1N. The van der Waals surface area contributed by atoms with E-state index in [0.717, 1.165) is 16.8 Å². The van der Waals surface area contributed by atoms with E-state index < -0.39 is 0 Å². The first kappa shape index (κ1) is 12.4. The van der Waals surface area contributed by atoms with Gasteiger partial charge in [-0.1, -0.05) is 0 Å². The van der Waals surface area contributed by atoms with Gasteiger partial charge in [-0.05, 0) is 37.1 Å². The van der Waals surface area contributed by atoms with Crippen molar-refractivity contribution in [1.82, 2.24) is 4.90 Å². The monoisotopic (exact) mass is 222 g/mol. The van der Waals surface area contributed by atoms with Crippen LogP contribution in [0.2, 0.25) is 0 Å². The fourth-order valence-corrected chi connectivity index (χ4v) is 1.24. The molecule has 0 aliphatic heterocycles. The molecule has 1 aromatic rings. The Balaban J connectivity index is 2.75. The fourth-order valence-electron chi connectivity index (χ4n) is 1.24. The van der Waals surface area contributed by atoms with E-state index in [1.165, 1.54) is 4.90 Å². The summed E-state index contributed by atoms with van der Waals surface area (Å²) in [5, 5.41) is 0. The zero-order valence-corrected chi connectivity index (χ0v) is 10.2. The van der Waals surface area contributed by atoms with Gasteiger partial charge in [-0.3, -0.25) is 4.79 Å². The molecule has 0 aliphatic rings. The lowest BCUT2D eigenvalue weighted by Crippen LogP contribution is -2.27. The molecule has 0 atom stereocenters. The number of rotatable bonds is 3. The Morgan fingerprint density at radius 1 is 1.31 bits per heavy atom. The third kappa shape index (κ3) is 2.89. The molecule has 2 N–H and O–H groups in total. The summed E-state index contributed by atoms with van der Waals surface area (Å²) in [5.41, 5.74) is 8.40. The highest BCUT2D eigenvalue weighted by atomic mass is 16.5. The van der Waals surface area contributed by atoms with E-state index in [1.54, 1.807) is 14.1 Å². The molecule has 0 heterocycles. The number of carbonyl (C=O) groups is 1. The second-order valence-corrected chi connectivity index (χ2v) is 4.05. The summed E-state index contributed by atoms with van der Waals surface area (Å²) in [7, 11) is 3.40. The minimum Gasteiger partial charge on any atom is -0.483 e. The van der Waals surface area contributed by atoms with Crippen LogP contribution >= 0.6 is 0 Å². The molecule has 0 radical (unpaired) electrons. The standard InChI is InChI=1S/C12H18N2O2/c1-8-6-11(9(2)5-10(8)13)16-7-12(15)14(3)4/h5-6H,7,13H2,1-4H3. The van der Waals surface area contributed by atoms with Crippen molar-refractivity contribution in [2.24, 2.45) is 0 Å². The van der Waals surface area contributed by atoms with Crippen LogP contribution in [-0.2, 0) is 4.79 Å². The Hall–Kier alpha value is -1.71. The van der Waals surface area contributed by atoms with Crippen LogP contribution < -0.4 is 10.5 Å². The van der Waals surface area contributed by atoms with Gasteiger partial charge < -0.3 is 15.4 Å². The quantitative estimate of drug-likeness (QED) is 0.785. The Morgan fingerprint density at radius 2 is 1.94 bits per heavy atom. The molecule has 1 amide bonds. The summed E-state index contributed by atoms with van der Waals surface area (Å²) in [6.45, 7) is 3.87. The van der Waals surface area contributed by atoms with Crippen LogP contribution in [0.15, 0.2) is 12.1 Å². The zero-order chi connectivity index (χ0) is 12.3. The molecule has 0 aliphatic carbocycles. The number of benzene rings is 1. The number of hydrogen-bond acceptors (Lipinski definition) is 3. The molecule has 0 spiro atoms. The summed E-state index contributed by atoms with van der Waals surface area (Å²) >= 11 is 0. The third-order valence-corrected chi connectivity index (χ3v) is 2.41. The van der Waals surface area contributed by atoms with Gasteiger partial charge in [0.15, 0.2) is 6.61 Å². The molecule has 0 fully saturated rings. The molecule has 0 bridgehead atoms. The van der Waals surface area contributed by atoms with Crippen LogP contribution in [0.5, 0.6) is 5.75 Å². The van der Waals surface area contributed by atoms with E-state index in [9.17, 15) is 4.79 Å². The number of anilines is 1. The van der Waals surface area contributed by atoms with Crippen LogP contribution in [0.3, 0.4) is 0 Å². The number of likely N-dealkylation sites (N-methyl/N-ethyl adjacent to an activating group) is 1. The summed E-state index contributed by atoms with van der Waals surface area (Å²) in [6.07, 6.45) is 0. The van der Waals surface area contributed by atoms with Crippen molar-refractivity contribution in [3.63, 3.8) is 0 Å². The summed E-state index contributed by atoms with van der Waals surface area (Å²) in [4.78, 5) is 12.9. The molecule has 4 nitrogen and oxygen atoms in total. The van der Waals surface area contributed by atoms with Gasteiger partial charge in [-0.25, -0.2) is 0 Å². The Morgan fingerprint density at radius 3 is 2.50 bits per heavy atom. The van der Waals surface area contributed by atoms with Crippen LogP contribution in [0.4, 0.5) is 5.69 Å². The average Bonchev–Trinajstić information content (AvgIpc) is 2.20. The van der Waals surface area contributed by atoms with Crippen molar-refractivity contribution in [3.05, 3.63) is 23.3 Å². The van der Waals surface area contributed by atoms with Gasteiger partial charge in [0.2, 0.25) is 0 Å². The van der Waals surface area contributed by atoms with E-state index in [4.69, 9.17) is 10.5 Å². The minimum absolute atomic E-state index is 0.0528. The number of amides is 1. The van der Waals surface area contributed by atoms with Crippen molar-refractivity contribution in [2.75, 3.05) is 26.4 Å². The molecule has 1 aromatic carbocycles.